The van der Waals surface area contributed by atoms with Crippen LogP contribution in [0.5, 0.6) is 5.75 Å². The van der Waals surface area contributed by atoms with Crippen LogP contribution in [0.25, 0.3) is 0 Å². The van der Waals surface area contributed by atoms with Gasteiger partial charge in [-0.2, -0.15) is 0 Å². The molecule has 3 amide bonds. The molecule has 10 nitrogen and oxygen atoms in total. The molecule has 0 bridgehead atoms. The van der Waals surface area contributed by atoms with E-state index < -0.39 is 0 Å². The fourth-order valence-electron chi connectivity index (χ4n) is 5.54. The Kier molecular flexibility index (Phi) is 9.79. The fourth-order valence-corrected chi connectivity index (χ4v) is 5.66. The van der Waals surface area contributed by atoms with Gasteiger partial charge in [-0.15, -0.1) is 0 Å². The minimum absolute atomic E-state index is 0.0848. The van der Waals surface area contributed by atoms with Crippen molar-refractivity contribution < 1.29 is 19.1 Å². The summed E-state index contributed by atoms with van der Waals surface area (Å²) >= 11 is 5.87. The molecule has 0 unspecified atom stereocenters. The molecule has 2 aromatic carbocycles. The predicted molar refractivity (Wildman–Crippen MR) is 167 cm³/mol. The van der Waals surface area contributed by atoms with Gasteiger partial charge in [-0.05, 0) is 73.7 Å². The molecular formula is C32H37ClN6O4. The first-order valence-electron chi connectivity index (χ1n) is 14.6. The molecule has 1 saturated carbocycles. The highest BCUT2D eigenvalue weighted by atomic mass is 35.5. The molecule has 2 heterocycles. The number of benzene rings is 2. The second-order valence-electron chi connectivity index (χ2n) is 11.0. The maximum Gasteiger partial charge on any atom is 0.255 e. The summed E-state index contributed by atoms with van der Waals surface area (Å²) in [6.45, 7) is 2.10. The minimum atomic E-state index is -0.200. The molecule has 5 rings (SSSR count). The van der Waals surface area contributed by atoms with Gasteiger partial charge >= 0.3 is 0 Å². The molecule has 2 fully saturated rings. The van der Waals surface area contributed by atoms with Gasteiger partial charge in [0.1, 0.15) is 10.9 Å². The van der Waals surface area contributed by atoms with Crippen molar-refractivity contribution in [2.75, 3.05) is 43.5 Å². The number of anilines is 2. The number of amides is 3. The summed E-state index contributed by atoms with van der Waals surface area (Å²) in [7, 11) is 1.60. The number of nitrogens with two attached hydrogens (primary N) is 1. The molecule has 1 saturated heterocycles. The van der Waals surface area contributed by atoms with E-state index in [1.807, 2.05) is 30.3 Å². The van der Waals surface area contributed by atoms with Crippen molar-refractivity contribution in [3.05, 3.63) is 82.6 Å². The summed E-state index contributed by atoms with van der Waals surface area (Å²) in [5.74, 6) is 0.238. The van der Waals surface area contributed by atoms with Crippen molar-refractivity contribution in [1.82, 2.24) is 15.2 Å². The van der Waals surface area contributed by atoms with Crippen LogP contribution in [0.2, 0.25) is 5.15 Å². The average molecular weight is 605 g/mol. The zero-order valence-corrected chi connectivity index (χ0v) is 25.0. The monoisotopic (exact) mass is 604 g/mol. The predicted octanol–water partition coefficient (Wildman–Crippen LogP) is 3.89. The third kappa shape index (κ3) is 7.82. The molecule has 3 aromatic rings. The second kappa shape index (κ2) is 13.9. The van der Waals surface area contributed by atoms with E-state index in [-0.39, 0.29) is 36.2 Å². The number of methoxy groups -OCH3 is 1. The van der Waals surface area contributed by atoms with E-state index in [0.717, 1.165) is 42.7 Å². The topological polar surface area (TPSA) is 130 Å². The Bertz CT molecular complexity index is 1430. The number of carbonyl (C=O) groups is 3. The molecule has 2 aliphatic rings. The quantitative estimate of drug-likeness (QED) is 0.333. The molecule has 43 heavy (non-hydrogen) atoms. The lowest BCUT2D eigenvalue weighted by atomic mass is 9.91. The summed E-state index contributed by atoms with van der Waals surface area (Å²) in [5.41, 5.74) is 9.18. The molecule has 1 aromatic heterocycles. The zero-order valence-electron chi connectivity index (χ0n) is 24.2. The van der Waals surface area contributed by atoms with E-state index >= 15 is 0 Å². The van der Waals surface area contributed by atoms with E-state index in [0.29, 0.717) is 48.1 Å². The molecular weight excluding hydrogens is 568 g/mol. The summed E-state index contributed by atoms with van der Waals surface area (Å²) in [4.78, 5) is 47.3. The van der Waals surface area contributed by atoms with Gasteiger partial charge in [-0.25, -0.2) is 4.98 Å². The Morgan fingerprint density at radius 1 is 0.953 bits per heavy atom. The van der Waals surface area contributed by atoms with E-state index in [2.05, 4.69) is 20.5 Å². The van der Waals surface area contributed by atoms with Crippen molar-refractivity contribution in [2.45, 2.75) is 44.2 Å². The average Bonchev–Trinajstić information content (AvgIpc) is 3.02. The number of hydrogen-bond donors (Lipinski definition) is 3. The van der Waals surface area contributed by atoms with Crippen LogP contribution in [0.4, 0.5) is 11.4 Å². The van der Waals surface area contributed by atoms with E-state index in [1.165, 1.54) is 6.20 Å². The van der Waals surface area contributed by atoms with Crippen molar-refractivity contribution in [3.8, 4) is 5.75 Å². The van der Waals surface area contributed by atoms with Crippen molar-refractivity contribution in [2.24, 2.45) is 5.73 Å². The van der Waals surface area contributed by atoms with E-state index in [9.17, 15) is 14.4 Å². The van der Waals surface area contributed by atoms with Gasteiger partial charge in [0.2, 0.25) is 5.91 Å². The first-order valence-corrected chi connectivity index (χ1v) is 15.0. The van der Waals surface area contributed by atoms with Crippen LogP contribution in [0.3, 0.4) is 0 Å². The van der Waals surface area contributed by atoms with Gasteiger partial charge in [-0.1, -0.05) is 23.7 Å². The largest absolute Gasteiger partial charge is 0.497 e. The minimum Gasteiger partial charge on any atom is -0.497 e. The molecule has 0 radical (unpaired) electrons. The summed E-state index contributed by atoms with van der Waals surface area (Å²) in [5, 5.41) is 6.51. The Hall–Kier alpha value is -4.15. The van der Waals surface area contributed by atoms with Gasteiger partial charge in [-0.3, -0.25) is 14.4 Å². The van der Waals surface area contributed by atoms with Gasteiger partial charge in [0.15, 0.2) is 0 Å². The van der Waals surface area contributed by atoms with Gasteiger partial charge in [0.05, 0.1) is 30.5 Å². The summed E-state index contributed by atoms with van der Waals surface area (Å²) < 4.78 is 5.22. The number of rotatable bonds is 8. The van der Waals surface area contributed by atoms with Crippen LogP contribution < -0.4 is 26.0 Å². The normalized spacial score (nSPS) is 18.6. The van der Waals surface area contributed by atoms with Gasteiger partial charge < -0.3 is 30.9 Å². The first kappa shape index (κ1) is 30.3. The number of halogens is 1. The summed E-state index contributed by atoms with van der Waals surface area (Å²) in [6.07, 6.45) is 5.13. The van der Waals surface area contributed by atoms with Crippen LogP contribution in [0, 0.1) is 0 Å². The Morgan fingerprint density at radius 3 is 2.30 bits per heavy atom. The highest BCUT2D eigenvalue weighted by Crippen LogP contribution is 2.29. The highest BCUT2D eigenvalue weighted by Gasteiger charge is 2.26. The van der Waals surface area contributed by atoms with Gasteiger partial charge in [0, 0.05) is 50.0 Å². The molecule has 0 spiro atoms. The van der Waals surface area contributed by atoms with Crippen molar-refractivity contribution >= 4 is 40.7 Å². The van der Waals surface area contributed by atoms with Gasteiger partial charge in [0.25, 0.3) is 11.8 Å². The second-order valence-corrected chi connectivity index (χ2v) is 11.4. The standard InChI is InChI=1S/C32H37ClN6O4/c1-43-26-10-2-21(3-11-26)18-30(40)37-27-19-22(31(41)36-25-8-6-24(34)7-9-25)4-12-28(27)38-14-16-39(17-15-38)32(42)23-5-13-29(33)35-20-23/h2-5,10-13,19-20,24-25H,6-9,14-18,34H2,1H3,(H,36,41)(H,37,40). The number of nitrogens with one attached hydrogen (secondary N) is 2. The Balaban J connectivity index is 1.31. The van der Waals surface area contributed by atoms with Crippen LogP contribution in [-0.2, 0) is 11.2 Å². The zero-order chi connectivity index (χ0) is 30.3. The maximum atomic E-state index is 13.2. The number of piperazine rings is 1. The molecule has 226 valence electrons. The Morgan fingerprint density at radius 2 is 1.65 bits per heavy atom. The first-order chi connectivity index (χ1) is 20.8. The molecule has 4 N–H and O–H groups in total. The number of nitrogens with zero attached hydrogens (tertiary/aromatic N) is 3. The van der Waals surface area contributed by atoms with E-state index in [4.69, 9.17) is 22.1 Å². The molecule has 0 atom stereocenters. The SMILES string of the molecule is COc1ccc(CC(=O)Nc2cc(C(=O)NC3CCC(N)CC3)ccc2N2CCN(C(=O)c3ccc(Cl)nc3)CC2)cc1. The van der Waals surface area contributed by atoms with Crippen molar-refractivity contribution in [3.63, 3.8) is 0 Å². The number of hydrogen-bond acceptors (Lipinski definition) is 7. The van der Waals surface area contributed by atoms with Crippen molar-refractivity contribution in [1.29, 1.82) is 0 Å². The van der Waals surface area contributed by atoms with E-state index in [1.54, 1.807) is 36.3 Å². The smallest absolute Gasteiger partial charge is 0.255 e. The highest BCUT2D eigenvalue weighted by molar-refractivity contribution is 6.29. The molecule has 11 heteroatoms. The van der Waals surface area contributed by atoms with Crippen LogP contribution >= 0.6 is 11.6 Å². The lowest BCUT2D eigenvalue weighted by molar-refractivity contribution is -0.115. The fraction of sp³-hybridized carbons (Fsp3) is 0.375. The molecule has 1 aliphatic carbocycles. The number of pyridine rings is 1. The van der Waals surface area contributed by atoms with Crippen LogP contribution in [-0.4, -0.2) is 73.0 Å². The lowest BCUT2D eigenvalue weighted by Gasteiger charge is -2.37. The van der Waals surface area contributed by atoms with Crippen LogP contribution in [0.1, 0.15) is 52.0 Å². The Labute approximate surface area is 256 Å². The maximum absolute atomic E-state index is 13.2. The number of ether oxygens (including phenoxy) is 1. The third-order valence-corrected chi connectivity index (χ3v) is 8.27. The number of carbonyl (C=O) groups excluding carboxylic acids is 3. The third-order valence-electron chi connectivity index (χ3n) is 8.05. The lowest BCUT2D eigenvalue weighted by Crippen LogP contribution is -2.49. The summed E-state index contributed by atoms with van der Waals surface area (Å²) in [6, 6.07) is 16.3. The molecule has 1 aliphatic heterocycles. The van der Waals surface area contributed by atoms with Crippen LogP contribution in [0.15, 0.2) is 60.8 Å². The number of aromatic nitrogens is 1.